The average molecular weight is 208 g/mol. The second kappa shape index (κ2) is 3.27. The molecule has 0 saturated carbocycles. The molecule has 2 rings (SSSR count). The summed E-state index contributed by atoms with van der Waals surface area (Å²) in [5, 5.41) is 28.6. The quantitative estimate of drug-likeness (QED) is 0.601. The summed E-state index contributed by atoms with van der Waals surface area (Å²) in [4.78, 5) is 0. The number of hydrogen-bond acceptors (Lipinski definition) is 4. The minimum atomic E-state index is -1.49. The summed E-state index contributed by atoms with van der Waals surface area (Å²) in [7, 11) is -1.49. The van der Waals surface area contributed by atoms with Gasteiger partial charge in [0.05, 0.1) is 0 Å². The van der Waals surface area contributed by atoms with Gasteiger partial charge in [-0.15, -0.1) is 0 Å². The maximum absolute atomic E-state index is 9.31. The Hall–Kier alpha value is -1.04. The van der Waals surface area contributed by atoms with E-state index in [0.717, 1.165) is 10.3 Å². The lowest BCUT2D eigenvalue weighted by atomic mass is 9.75. The van der Waals surface area contributed by atoms with E-state index < -0.39 is 7.12 Å². The molecular formula is C9H9BO3S. The third-order valence-corrected chi connectivity index (χ3v) is 3.11. The van der Waals surface area contributed by atoms with Gasteiger partial charge in [-0.3, -0.25) is 0 Å². The Bertz CT molecular complexity index is 478. The Morgan fingerprint density at radius 1 is 1.29 bits per heavy atom. The van der Waals surface area contributed by atoms with E-state index in [1.807, 2.05) is 19.1 Å². The minimum absolute atomic E-state index is 0.188. The van der Waals surface area contributed by atoms with E-state index in [2.05, 4.69) is 0 Å². The number of hydrogen-bond donors (Lipinski definition) is 3. The maximum atomic E-state index is 9.31. The highest BCUT2D eigenvalue weighted by atomic mass is 32.1. The van der Waals surface area contributed by atoms with Gasteiger partial charge in [0.1, 0.15) is 0 Å². The van der Waals surface area contributed by atoms with Gasteiger partial charge >= 0.3 is 7.12 Å². The molecule has 1 heterocycles. The first-order valence-corrected chi connectivity index (χ1v) is 4.99. The summed E-state index contributed by atoms with van der Waals surface area (Å²) in [6.07, 6.45) is 0. The zero-order valence-electron chi connectivity index (χ0n) is 7.56. The number of aromatic hydroxyl groups is 1. The predicted octanol–water partition coefficient (Wildman–Crippen LogP) is 0.595. The van der Waals surface area contributed by atoms with E-state index in [9.17, 15) is 15.2 Å². The molecule has 1 aromatic heterocycles. The van der Waals surface area contributed by atoms with Gasteiger partial charge in [-0.2, -0.15) is 0 Å². The Morgan fingerprint density at radius 3 is 2.64 bits per heavy atom. The molecule has 14 heavy (non-hydrogen) atoms. The summed E-state index contributed by atoms with van der Waals surface area (Å²) >= 11 is 1.23. The zero-order chi connectivity index (χ0) is 10.3. The smallest absolute Gasteiger partial charge is 0.489 e. The zero-order valence-corrected chi connectivity index (χ0v) is 8.38. The van der Waals surface area contributed by atoms with Crippen LogP contribution in [0.2, 0.25) is 0 Å². The molecule has 0 bridgehead atoms. The molecule has 0 atom stereocenters. The predicted molar refractivity (Wildman–Crippen MR) is 58.1 cm³/mol. The van der Waals surface area contributed by atoms with E-state index >= 15 is 0 Å². The molecule has 0 fully saturated rings. The molecule has 0 unspecified atom stereocenters. The van der Waals surface area contributed by atoms with Gasteiger partial charge in [-0.1, -0.05) is 23.0 Å². The van der Waals surface area contributed by atoms with Crippen molar-refractivity contribution in [2.45, 2.75) is 6.92 Å². The van der Waals surface area contributed by atoms with Crippen molar-refractivity contribution in [2.75, 3.05) is 0 Å². The molecule has 0 spiro atoms. The van der Waals surface area contributed by atoms with Gasteiger partial charge in [0.25, 0.3) is 0 Å². The second-order valence-electron chi connectivity index (χ2n) is 3.17. The van der Waals surface area contributed by atoms with Gasteiger partial charge in [0.2, 0.25) is 0 Å². The summed E-state index contributed by atoms with van der Waals surface area (Å²) < 4.78 is 0.858. The van der Waals surface area contributed by atoms with Gasteiger partial charge < -0.3 is 15.2 Å². The maximum Gasteiger partial charge on any atom is 0.489 e. The highest BCUT2D eigenvalue weighted by Crippen LogP contribution is 2.29. The molecule has 3 N–H and O–H groups in total. The lowest BCUT2D eigenvalue weighted by molar-refractivity contribution is 0.426. The first kappa shape index (κ1) is 9.52. The van der Waals surface area contributed by atoms with Gasteiger partial charge in [-0.25, -0.2) is 0 Å². The summed E-state index contributed by atoms with van der Waals surface area (Å²) in [6.45, 7) is 1.81. The van der Waals surface area contributed by atoms with Crippen LogP contribution in [0.25, 0.3) is 10.1 Å². The molecule has 0 saturated heterocycles. The molecule has 1 aromatic carbocycles. The third kappa shape index (κ3) is 1.39. The van der Waals surface area contributed by atoms with Crippen LogP contribution in [0, 0.1) is 6.92 Å². The van der Waals surface area contributed by atoms with Crippen LogP contribution >= 0.6 is 11.3 Å². The van der Waals surface area contributed by atoms with Crippen molar-refractivity contribution in [1.82, 2.24) is 0 Å². The van der Waals surface area contributed by atoms with E-state index in [1.54, 1.807) is 6.07 Å². The molecule has 2 aromatic rings. The van der Waals surface area contributed by atoms with Crippen LogP contribution in [0.5, 0.6) is 5.06 Å². The molecule has 0 radical (unpaired) electrons. The van der Waals surface area contributed by atoms with Crippen LogP contribution < -0.4 is 5.46 Å². The monoisotopic (exact) mass is 208 g/mol. The summed E-state index contributed by atoms with van der Waals surface area (Å²) in [5.74, 6) is 0. The van der Waals surface area contributed by atoms with Crippen LogP contribution in [-0.2, 0) is 0 Å². The molecule has 3 nitrogen and oxygen atoms in total. The molecular weight excluding hydrogens is 199 g/mol. The van der Waals surface area contributed by atoms with Crippen molar-refractivity contribution in [3.8, 4) is 5.06 Å². The van der Waals surface area contributed by atoms with Crippen molar-refractivity contribution in [3.05, 3.63) is 23.8 Å². The van der Waals surface area contributed by atoms with Gasteiger partial charge in [0, 0.05) is 4.70 Å². The van der Waals surface area contributed by atoms with E-state index in [1.165, 1.54) is 11.3 Å². The van der Waals surface area contributed by atoms with Crippen molar-refractivity contribution in [3.63, 3.8) is 0 Å². The molecule has 0 aliphatic rings. The van der Waals surface area contributed by atoms with Crippen molar-refractivity contribution >= 4 is 34.0 Å². The SMILES string of the molecule is Cc1ccc2sc(O)cc2c1B(O)O. The van der Waals surface area contributed by atoms with Crippen LogP contribution in [-0.4, -0.2) is 22.3 Å². The van der Waals surface area contributed by atoms with Gasteiger partial charge in [0.15, 0.2) is 5.06 Å². The number of rotatable bonds is 1. The van der Waals surface area contributed by atoms with Crippen LogP contribution in [0.1, 0.15) is 5.56 Å². The average Bonchev–Trinajstić information content (AvgIpc) is 2.43. The Kier molecular flexibility index (Phi) is 2.22. The largest absolute Gasteiger partial charge is 0.499 e. The highest BCUT2D eigenvalue weighted by Gasteiger charge is 2.18. The van der Waals surface area contributed by atoms with E-state index in [0.29, 0.717) is 10.8 Å². The number of thiophene rings is 1. The van der Waals surface area contributed by atoms with Crippen LogP contribution in [0.3, 0.4) is 0 Å². The van der Waals surface area contributed by atoms with Crippen molar-refractivity contribution in [2.24, 2.45) is 0 Å². The Balaban J connectivity index is 2.82. The Morgan fingerprint density at radius 2 is 2.00 bits per heavy atom. The fourth-order valence-corrected chi connectivity index (χ4v) is 2.39. The van der Waals surface area contributed by atoms with Crippen LogP contribution in [0.15, 0.2) is 18.2 Å². The van der Waals surface area contributed by atoms with Crippen LogP contribution in [0.4, 0.5) is 0 Å². The standard InChI is InChI=1S/C9H9BO3S/c1-5-2-3-7-6(4-8(11)14-7)9(5)10(12)13/h2-4,11-13H,1H3. The fourth-order valence-electron chi connectivity index (χ4n) is 1.57. The highest BCUT2D eigenvalue weighted by molar-refractivity contribution is 7.20. The number of fused-ring (bicyclic) bond motifs is 1. The van der Waals surface area contributed by atoms with E-state index in [-0.39, 0.29) is 5.06 Å². The van der Waals surface area contributed by atoms with Crippen molar-refractivity contribution in [1.29, 1.82) is 0 Å². The third-order valence-electron chi connectivity index (χ3n) is 2.21. The summed E-state index contributed by atoms with van der Waals surface area (Å²) in [6, 6.07) is 5.23. The first-order chi connectivity index (χ1) is 6.59. The summed E-state index contributed by atoms with van der Waals surface area (Å²) in [5.41, 5.74) is 1.28. The van der Waals surface area contributed by atoms with Crippen molar-refractivity contribution < 1.29 is 15.2 Å². The lowest BCUT2D eigenvalue weighted by Gasteiger charge is -2.05. The normalized spacial score (nSPS) is 10.8. The number of aryl methyl sites for hydroxylation is 1. The molecule has 0 amide bonds. The first-order valence-electron chi connectivity index (χ1n) is 4.17. The van der Waals surface area contributed by atoms with Gasteiger partial charge in [-0.05, 0) is 29.9 Å². The minimum Gasteiger partial charge on any atom is -0.499 e. The molecule has 0 aliphatic heterocycles. The number of benzene rings is 1. The lowest BCUT2D eigenvalue weighted by Crippen LogP contribution is -2.32. The molecule has 5 heteroatoms. The topological polar surface area (TPSA) is 60.7 Å². The Labute approximate surface area is 85.4 Å². The van der Waals surface area contributed by atoms with E-state index in [4.69, 9.17) is 0 Å². The molecule has 72 valence electrons. The molecule has 0 aliphatic carbocycles. The fraction of sp³-hybridized carbons (Fsp3) is 0.111. The second-order valence-corrected chi connectivity index (χ2v) is 4.23.